The number of pyridine rings is 1. The van der Waals surface area contributed by atoms with Gasteiger partial charge in [0.15, 0.2) is 0 Å². The number of rotatable bonds is 5. The van der Waals surface area contributed by atoms with E-state index in [1.165, 1.54) is 0 Å². The number of benzene rings is 1. The van der Waals surface area contributed by atoms with Gasteiger partial charge in [0, 0.05) is 6.20 Å². The predicted molar refractivity (Wildman–Crippen MR) is 83.5 cm³/mol. The zero-order chi connectivity index (χ0) is 14.4. The summed E-state index contributed by atoms with van der Waals surface area (Å²) in [5.74, 6) is -0.104. The van der Waals surface area contributed by atoms with Crippen molar-refractivity contribution in [1.82, 2.24) is 10.3 Å². The highest BCUT2D eigenvalue weighted by molar-refractivity contribution is 9.10. The Hall–Kier alpha value is -1.68. The van der Waals surface area contributed by atoms with Gasteiger partial charge in [0.05, 0.1) is 11.6 Å². The Morgan fingerprint density at radius 2 is 2.00 bits per heavy atom. The fourth-order valence-electron chi connectivity index (χ4n) is 2.09. The van der Waals surface area contributed by atoms with Gasteiger partial charge in [-0.25, -0.2) is 4.98 Å². The summed E-state index contributed by atoms with van der Waals surface area (Å²) in [6.45, 7) is 2.11. The van der Waals surface area contributed by atoms with Crippen molar-refractivity contribution >= 4 is 21.8 Å². The molecule has 1 amide bonds. The third kappa shape index (κ3) is 3.67. The molecule has 0 radical (unpaired) electrons. The molecule has 0 bridgehead atoms. The summed E-state index contributed by atoms with van der Waals surface area (Å²) >= 11 is 3.31. The smallest absolute Gasteiger partial charge is 0.254 e. The van der Waals surface area contributed by atoms with Gasteiger partial charge in [-0.2, -0.15) is 0 Å². The first kappa shape index (κ1) is 14.7. The van der Waals surface area contributed by atoms with E-state index in [1.807, 2.05) is 30.3 Å². The zero-order valence-electron chi connectivity index (χ0n) is 11.3. The largest absolute Gasteiger partial charge is 0.345 e. The molecule has 2 aromatic rings. The number of aromatic nitrogens is 1. The first-order chi connectivity index (χ1) is 9.72. The van der Waals surface area contributed by atoms with Crippen LogP contribution in [-0.4, -0.2) is 10.9 Å². The highest BCUT2D eigenvalue weighted by atomic mass is 79.9. The van der Waals surface area contributed by atoms with Crippen LogP contribution in [0.15, 0.2) is 53.3 Å². The normalized spacial score (nSPS) is 11.9. The lowest BCUT2D eigenvalue weighted by molar-refractivity contribution is 0.0933. The molecule has 104 valence electrons. The number of amides is 1. The van der Waals surface area contributed by atoms with Crippen molar-refractivity contribution in [3.05, 3.63) is 64.4 Å². The van der Waals surface area contributed by atoms with E-state index in [0.29, 0.717) is 10.2 Å². The number of carbonyl (C=O) groups excluding carboxylic acids is 1. The molecule has 1 heterocycles. The molecule has 0 saturated heterocycles. The quantitative estimate of drug-likeness (QED) is 0.837. The Balaban J connectivity index is 2.17. The number of hydrogen-bond acceptors (Lipinski definition) is 2. The van der Waals surface area contributed by atoms with Crippen LogP contribution < -0.4 is 5.32 Å². The molecule has 0 saturated carbocycles. The van der Waals surface area contributed by atoms with Gasteiger partial charge in [-0.3, -0.25) is 4.79 Å². The highest BCUT2D eigenvalue weighted by Crippen LogP contribution is 2.20. The molecule has 1 N–H and O–H groups in total. The van der Waals surface area contributed by atoms with Gasteiger partial charge in [0.1, 0.15) is 4.60 Å². The van der Waals surface area contributed by atoms with Gasteiger partial charge in [0.25, 0.3) is 5.91 Å². The minimum atomic E-state index is -0.104. The molecule has 4 heteroatoms. The molecule has 1 aromatic carbocycles. The molecule has 3 nitrogen and oxygen atoms in total. The van der Waals surface area contributed by atoms with E-state index < -0.39 is 0 Å². The van der Waals surface area contributed by atoms with Crippen LogP contribution >= 0.6 is 15.9 Å². The Morgan fingerprint density at radius 1 is 1.25 bits per heavy atom. The molecule has 0 aliphatic heterocycles. The first-order valence-electron chi connectivity index (χ1n) is 6.68. The summed E-state index contributed by atoms with van der Waals surface area (Å²) in [6.07, 6.45) is 3.57. The van der Waals surface area contributed by atoms with Crippen molar-refractivity contribution in [3.63, 3.8) is 0 Å². The van der Waals surface area contributed by atoms with E-state index in [0.717, 1.165) is 18.4 Å². The maximum Gasteiger partial charge on any atom is 0.254 e. The highest BCUT2D eigenvalue weighted by Gasteiger charge is 2.16. The molecule has 1 atom stereocenters. The Morgan fingerprint density at radius 3 is 2.65 bits per heavy atom. The maximum absolute atomic E-state index is 12.3. The van der Waals surface area contributed by atoms with E-state index >= 15 is 0 Å². The van der Waals surface area contributed by atoms with Crippen LogP contribution in [0.2, 0.25) is 0 Å². The zero-order valence-corrected chi connectivity index (χ0v) is 12.9. The molecular weight excluding hydrogens is 316 g/mol. The third-order valence-corrected chi connectivity index (χ3v) is 3.72. The summed E-state index contributed by atoms with van der Waals surface area (Å²) in [6, 6.07) is 13.6. The topological polar surface area (TPSA) is 42.0 Å². The van der Waals surface area contributed by atoms with Gasteiger partial charge >= 0.3 is 0 Å². The third-order valence-electron chi connectivity index (χ3n) is 3.09. The fourth-order valence-corrected chi connectivity index (χ4v) is 2.52. The standard InChI is InChI=1S/C16H17BrN2O/c1-2-7-14(12-8-4-3-5-9-12)19-16(20)13-10-6-11-18-15(13)17/h3-6,8-11,14H,2,7H2,1H3,(H,19,20). The van der Waals surface area contributed by atoms with E-state index in [9.17, 15) is 4.79 Å². The number of halogens is 1. The van der Waals surface area contributed by atoms with Gasteiger partial charge < -0.3 is 5.32 Å². The van der Waals surface area contributed by atoms with Gasteiger partial charge in [-0.1, -0.05) is 43.7 Å². The van der Waals surface area contributed by atoms with Crippen molar-refractivity contribution in [2.45, 2.75) is 25.8 Å². The van der Waals surface area contributed by atoms with Crippen molar-refractivity contribution in [2.24, 2.45) is 0 Å². The monoisotopic (exact) mass is 332 g/mol. The van der Waals surface area contributed by atoms with Crippen LogP contribution in [0.3, 0.4) is 0 Å². The molecule has 1 aromatic heterocycles. The summed E-state index contributed by atoms with van der Waals surface area (Å²) in [4.78, 5) is 16.4. The number of hydrogen-bond donors (Lipinski definition) is 1. The molecule has 2 rings (SSSR count). The van der Waals surface area contributed by atoms with Crippen LogP contribution in [0.1, 0.15) is 41.7 Å². The van der Waals surface area contributed by atoms with E-state index in [1.54, 1.807) is 18.3 Å². The van der Waals surface area contributed by atoms with Crippen molar-refractivity contribution < 1.29 is 4.79 Å². The minimum absolute atomic E-state index is 0.0285. The lowest BCUT2D eigenvalue weighted by Gasteiger charge is -2.19. The summed E-state index contributed by atoms with van der Waals surface area (Å²) in [7, 11) is 0. The van der Waals surface area contributed by atoms with Crippen LogP contribution in [0.4, 0.5) is 0 Å². The average molecular weight is 333 g/mol. The maximum atomic E-state index is 12.3. The summed E-state index contributed by atoms with van der Waals surface area (Å²) in [5, 5.41) is 3.08. The number of nitrogens with zero attached hydrogens (tertiary/aromatic N) is 1. The molecule has 1 unspecified atom stereocenters. The van der Waals surface area contributed by atoms with Gasteiger partial charge in [0.2, 0.25) is 0 Å². The molecular formula is C16H17BrN2O. The van der Waals surface area contributed by atoms with Crippen LogP contribution in [-0.2, 0) is 0 Å². The van der Waals surface area contributed by atoms with Crippen molar-refractivity contribution in [2.75, 3.05) is 0 Å². The van der Waals surface area contributed by atoms with Crippen LogP contribution in [0, 0.1) is 0 Å². The summed E-state index contributed by atoms with van der Waals surface area (Å²) in [5.41, 5.74) is 1.69. The first-order valence-corrected chi connectivity index (χ1v) is 7.48. The van der Waals surface area contributed by atoms with Gasteiger partial charge in [-0.15, -0.1) is 0 Å². The lowest BCUT2D eigenvalue weighted by atomic mass is 10.0. The predicted octanol–water partition coefficient (Wildman–Crippen LogP) is 4.12. The van der Waals surface area contributed by atoms with E-state index in [4.69, 9.17) is 0 Å². The molecule has 20 heavy (non-hydrogen) atoms. The van der Waals surface area contributed by atoms with Crippen LogP contribution in [0.5, 0.6) is 0 Å². The van der Waals surface area contributed by atoms with Gasteiger partial charge in [-0.05, 0) is 40.0 Å². The van der Waals surface area contributed by atoms with Crippen LogP contribution in [0.25, 0.3) is 0 Å². The number of carbonyl (C=O) groups is 1. The summed E-state index contributed by atoms with van der Waals surface area (Å²) < 4.78 is 0.570. The molecule has 0 fully saturated rings. The SMILES string of the molecule is CCCC(NC(=O)c1cccnc1Br)c1ccccc1. The minimum Gasteiger partial charge on any atom is -0.345 e. The van der Waals surface area contributed by atoms with E-state index in [2.05, 4.69) is 33.2 Å². The van der Waals surface area contributed by atoms with E-state index in [-0.39, 0.29) is 11.9 Å². The second kappa shape index (κ2) is 7.20. The molecule has 0 spiro atoms. The second-order valence-electron chi connectivity index (χ2n) is 4.57. The lowest BCUT2D eigenvalue weighted by Crippen LogP contribution is -2.28. The van der Waals surface area contributed by atoms with Crippen molar-refractivity contribution in [1.29, 1.82) is 0 Å². The fraction of sp³-hybridized carbons (Fsp3) is 0.250. The average Bonchev–Trinajstić information content (AvgIpc) is 2.48. The van der Waals surface area contributed by atoms with Crippen molar-refractivity contribution in [3.8, 4) is 0 Å². The molecule has 0 aliphatic rings. The Labute approximate surface area is 127 Å². The Bertz CT molecular complexity index is 572. The second-order valence-corrected chi connectivity index (χ2v) is 5.32. The Kier molecular flexibility index (Phi) is 5.30. The molecule has 0 aliphatic carbocycles. The number of nitrogens with one attached hydrogen (secondary N) is 1.